The Hall–Kier alpha value is -6.03. The molecule has 2 amide bonds. The molecule has 3 aromatic carbocycles. The van der Waals surface area contributed by atoms with E-state index in [0.29, 0.717) is 27.9 Å². The van der Waals surface area contributed by atoms with Crippen molar-refractivity contribution in [2.45, 2.75) is 58.2 Å². The van der Waals surface area contributed by atoms with Crippen LogP contribution in [0.25, 0.3) is 22.8 Å². The number of carbonyl (C=O) groups excluding carboxylic acids is 2. The molecule has 14 nitrogen and oxygen atoms in total. The predicted molar refractivity (Wildman–Crippen MR) is 196 cm³/mol. The van der Waals surface area contributed by atoms with Crippen LogP contribution in [0.2, 0.25) is 0 Å². The Kier molecular flexibility index (Phi) is 11.9. The van der Waals surface area contributed by atoms with Crippen molar-refractivity contribution in [3.63, 3.8) is 0 Å². The molecule has 2 heterocycles. The van der Waals surface area contributed by atoms with Crippen LogP contribution in [0.4, 0.5) is 18.0 Å². The van der Waals surface area contributed by atoms with Crippen molar-refractivity contribution in [3.05, 3.63) is 116 Å². The van der Waals surface area contributed by atoms with Crippen LogP contribution in [0.1, 0.15) is 46.0 Å². The van der Waals surface area contributed by atoms with Crippen molar-refractivity contribution < 1.29 is 35.7 Å². The number of likely N-dealkylation sites (N-methyl/N-ethyl adjacent to an activating group) is 1. The second-order valence-electron chi connectivity index (χ2n) is 12.8. The summed E-state index contributed by atoms with van der Waals surface area (Å²) in [5, 5.41) is 16.1. The highest BCUT2D eigenvalue weighted by molar-refractivity contribution is 7.85. The maximum absolute atomic E-state index is 14.1. The molecule has 290 valence electrons. The molecule has 5 rings (SSSR count). The number of nitriles is 1. The van der Waals surface area contributed by atoms with E-state index in [9.17, 15) is 45.8 Å². The third-order valence-corrected chi connectivity index (χ3v) is 10.4. The Morgan fingerprint density at radius 3 is 2.25 bits per heavy atom. The van der Waals surface area contributed by atoms with Crippen LogP contribution in [-0.2, 0) is 27.5 Å². The van der Waals surface area contributed by atoms with Crippen molar-refractivity contribution in [1.82, 2.24) is 35.3 Å². The molecule has 0 fully saturated rings. The molecule has 5 aromatic rings. The Bertz CT molecular complexity index is 2500. The maximum atomic E-state index is 14.1. The van der Waals surface area contributed by atoms with Crippen molar-refractivity contribution in [3.8, 4) is 28.8 Å². The fraction of sp³-hybridized carbons (Fsp3) is 0.270. The smallest absolute Gasteiger partial charge is 0.416 e. The molecule has 0 aliphatic carbocycles. The fourth-order valence-electron chi connectivity index (χ4n) is 6.23. The third-order valence-electron chi connectivity index (χ3n) is 9.40. The molecule has 0 saturated carbocycles. The first-order valence-electron chi connectivity index (χ1n) is 16.4. The number of hydrogen-bond donors (Lipinski definition) is 2. The molecular weight excluding hydrogens is 742 g/mol. The number of aromatic nitrogens is 4. The van der Waals surface area contributed by atoms with Gasteiger partial charge in [0, 0.05) is 13.6 Å². The number of quaternary nitrogens is 1. The van der Waals surface area contributed by atoms with Crippen LogP contribution in [0, 0.1) is 39.0 Å². The largest absolute Gasteiger partial charge is 0.744 e. The minimum atomic E-state index is -4.75. The number of benzene rings is 3. The van der Waals surface area contributed by atoms with Gasteiger partial charge >= 0.3 is 17.9 Å². The number of hydrogen-bond acceptors (Lipinski definition) is 8. The molecular formula is C37H39F3N8O6S. The second-order valence-corrected chi connectivity index (χ2v) is 14.1. The summed E-state index contributed by atoms with van der Waals surface area (Å²) in [6.45, 7) is 7.94. The number of rotatable bonds is 9. The van der Waals surface area contributed by atoms with E-state index in [4.69, 9.17) is 0 Å². The molecule has 1 atom stereocenters. The van der Waals surface area contributed by atoms with E-state index in [1.54, 1.807) is 32.9 Å². The highest BCUT2D eigenvalue weighted by Crippen LogP contribution is 2.32. The highest BCUT2D eigenvalue weighted by atomic mass is 32.2. The summed E-state index contributed by atoms with van der Waals surface area (Å²) in [5.41, 5.74) is 1.16. The Morgan fingerprint density at radius 1 is 1.00 bits per heavy atom. The van der Waals surface area contributed by atoms with Gasteiger partial charge in [-0.2, -0.15) is 23.5 Å². The highest BCUT2D eigenvalue weighted by Gasteiger charge is 2.33. The maximum Gasteiger partial charge on any atom is 0.416 e. The van der Waals surface area contributed by atoms with Crippen LogP contribution >= 0.6 is 0 Å². The summed E-state index contributed by atoms with van der Waals surface area (Å²) in [4.78, 5) is 42.6. The van der Waals surface area contributed by atoms with Crippen LogP contribution in [0.15, 0.2) is 76.6 Å². The van der Waals surface area contributed by atoms with Gasteiger partial charge in [0.15, 0.2) is 0 Å². The summed E-state index contributed by atoms with van der Waals surface area (Å²) in [5.74, 6) is -0.576. The molecule has 5 N–H and O–H groups in total. The van der Waals surface area contributed by atoms with E-state index in [-0.39, 0.29) is 46.8 Å². The number of nitrogens with one attached hydrogen (secondary N) is 1. The Morgan fingerprint density at radius 2 is 1.65 bits per heavy atom. The van der Waals surface area contributed by atoms with Gasteiger partial charge in [-0.3, -0.25) is 9.36 Å². The average molecular weight is 781 g/mol. The predicted octanol–water partition coefficient (Wildman–Crippen LogP) is 5.54. The van der Waals surface area contributed by atoms with E-state index in [0.717, 1.165) is 32.9 Å². The monoisotopic (exact) mass is 780 g/mol. The van der Waals surface area contributed by atoms with Crippen LogP contribution in [0.5, 0.6) is 0 Å². The second kappa shape index (κ2) is 15.8. The lowest BCUT2D eigenvalue weighted by atomic mass is 9.96. The van der Waals surface area contributed by atoms with Gasteiger partial charge in [-0.15, -0.1) is 0 Å². The molecule has 18 heteroatoms. The minimum absolute atomic E-state index is 0. The molecule has 0 saturated heterocycles. The number of imidazole rings is 1. The summed E-state index contributed by atoms with van der Waals surface area (Å²) in [7, 11) is -3.28. The number of nitrogens with zero attached hydrogens (tertiary/aromatic N) is 6. The molecule has 0 radical (unpaired) electrons. The number of halogens is 3. The summed E-state index contributed by atoms with van der Waals surface area (Å²) < 4.78 is 79.8. The van der Waals surface area contributed by atoms with Gasteiger partial charge in [0.25, 0.3) is 0 Å². The molecule has 0 aliphatic rings. The fourth-order valence-corrected chi connectivity index (χ4v) is 7.04. The molecule has 2 aromatic heterocycles. The average Bonchev–Trinajstić information content (AvgIpc) is 3.70. The molecule has 0 aliphatic heterocycles. The normalized spacial score (nSPS) is 12.1. The van der Waals surface area contributed by atoms with Crippen molar-refractivity contribution in [1.29, 1.82) is 5.26 Å². The van der Waals surface area contributed by atoms with E-state index in [1.165, 1.54) is 67.0 Å². The lowest BCUT2D eigenvalue weighted by molar-refractivity contribution is -0.137. The van der Waals surface area contributed by atoms with Crippen LogP contribution in [-0.4, -0.2) is 68.4 Å². The van der Waals surface area contributed by atoms with Gasteiger partial charge in [0.2, 0.25) is 5.91 Å². The topological polar surface area (TPSA) is 212 Å². The third kappa shape index (κ3) is 8.23. The van der Waals surface area contributed by atoms with Crippen molar-refractivity contribution in [2.24, 2.45) is 0 Å². The van der Waals surface area contributed by atoms with Gasteiger partial charge in [-0.25, -0.2) is 27.3 Å². The molecule has 0 unspecified atom stereocenters. The van der Waals surface area contributed by atoms with Crippen molar-refractivity contribution in [2.75, 3.05) is 13.6 Å². The van der Waals surface area contributed by atoms with Crippen molar-refractivity contribution >= 4 is 22.1 Å². The summed E-state index contributed by atoms with van der Waals surface area (Å²) in [6.07, 6.45) is -3.14. The number of amides is 2. The molecule has 0 bridgehead atoms. The SMILES string of the molecule is Cc1c(CCN(C)C(=O)[C@H](C)NC(=O)n2c(-c3ccnn3-c3ccc(C#N)cc3)c(C)n(-c3cccc(C(F)(F)F)c3)c2=O)cc(S(=O)(=O)[O-])c(C)c1C.[NH4+]. The van der Waals surface area contributed by atoms with E-state index in [2.05, 4.69) is 10.4 Å². The Balaban J connectivity index is 0.00000673. The van der Waals surface area contributed by atoms with Gasteiger partial charge in [0.05, 0.1) is 51.1 Å². The summed E-state index contributed by atoms with van der Waals surface area (Å²) >= 11 is 0. The lowest BCUT2D eigenvalue weighted by Gasteiger charge is -2.24. The molecule has 55 heavy (non-hydrogen) atoms. The van der Waals surface area contributed by atoms with Crippen LogP contribution in [0.3, 0.4) is 0 Å². The lowest BCUT2D eigenvalue weighted by Crippen LogP contribution is -2.49. The zero-order valence-corrected chi connectivity index (χ0v) is 31.8. The van der Waals surface area contributed by atoms with Crippen LogP contribution < -0.4 is 17.2 Å². The first kappa shape index (κ1) is 41.7. The zero-order chi connectivity index (χ0) is 39.9. The summed E-state index contributed by atoms with van der Waals surface area (Å²) in [6, 6.07) is 12.9. The first-order valence-corrected chi connectivity index (χ1v) is 17.8. The first-order chi connectivity index (χ1) is 25.3. The molecule has 0 spiro atoms. The van der Waals surface area contributed by atoms with Gasteiger partial charge < -0.3 is 20.9 Å². The van der Waals surface area contributed by atoms with E-state index < -0.39 is 45.5 Å². The zero-order valence-electron chi connectivity index (χ0n) is 31.0. The Labute approximate surface area is 314 Å². The van der Waals surface area contributed by atoms with Gasteiger partial charge in [-0.05, 0) is 118 Å². The van der Waals surface area contributed by atoms with E-state index in [1.807, 2.05) is 6.07 Å². The van der Waals surface area contributed by atoms with Gasteiger partial charge in [0.1, 0.15) is 21.9 Å². The quantitative estimate of drug-likeness (QED) is 0.181. The minimum Gasteiger partial charge on any atom is -0.744 e. The van der Waals surface area contributed by atoms with E-state index >= 15 is 0 Å². The van der Waals surface area contributed by atoms with Gasteiger partial charge in [-0.1, -0.05) is 6.07 Å². The number of alkyl halides is 3. The standard InChI is InChI=1S/C37H36F3N7O6S.H3N/c1-21-22(2)27(18-32(23(21)3)54(51,52)53)15-17-44(6)34(48)24(4)43-35(49)46-33(31-14-16-42-47(31)29-12-10-26(20-41)11-13-29)25(5)45(36(46)50)30-9-7-8-28(19-30)37(38,39)40;/h7-14,16,18-19,24H,15,17H2,1-6H3,(H,43,49)(H,51,52,53);1H3/t24-;/m0./s1. The number of carbonyl (C=O) groups is 2.